The van der Waals surface area contributed by atoms with Crippen molar-refractivity contribution in [2.24, 2.45) is 0 Å². The molecule has 0 amide bonds. The molecule has 1 aromatic heterocycles. The van der Waals surface area contributed by atoms with Crippen molar-refractivity contribution >= 4 is 0 Å². The van der Waals surface area contributed by atoms with Crippen LogP contribution in [0.1, 0.15) is 43.6 Å². The summed E-state index contributed by atoms with van der Waals surface area (Å²) in [5.41, 5.74) is -1.50. The highest BCUT2D eigenvalue weighted by Gasteiger charge is 2.35. The minimum Gasteiger partial charge on any atom is -0.372 e. The number of hydrogen-bond acceptors (Lipinski definition) is 6. The average Bonchev–Trinajstić information content (AvgIpc) is 3.15. The summed E-state index contributed by atoms with van der Waals surface area (Å²) in [5.74, 6) is 0.431. The Bertz CT molecular complexity index is 869. The Morgan fingerprint density at radius 2 is 2.04 bits per heavy atom. The second-order valence-corrected chi connectivity index (χ2v) is 6.80. The van der Waals surface area contributed by atoms with Crippen LogP contribution < -0.4 is 0 Å². The molecule has 1 fully saturated rings. The van der Waals surface area contributed by atoms with E-state index in [1.165, 1.54) is 10.7 Å². The molecule has 2 aromatic rings. The van der Waals surface area contributed by atoms with E-state index in [4.69, 9.17) is 10.00 Å². The molecule has 0 bridgehead atoms. The van der Waals surface area contributed by atoms with Crippen molar-refractivity contribution < 1.29 is 17.9 Å². The first kappa shape index (κ1) is 20.2. The molecule has 3 rings (SSSR count). The number of nitrogens with zero attached hydrogens (tertiary/aromatic N) is 6. The molecule has 28 heavy (non-hydrogen) atoms. The molecule has 1 aliphatic heterocycles. The topological polar surface area (TPSA) is 79.9 Å². The fourth-order valence-electron chi connectivity index (χ4n) is 3.44. The van der Waals surface area contributed by atoms with Gasteiger partial charge in [0, 0.05) is 13.1 Å². The molecule has 10 heteroatoms. The van der Waals surface area contributed by atoms with Crippen LogP contribution in [0.4, 0.5) is 13.2 Å². The predicted molar refractivity (Wildman–Crippen MR) is 93.4 cm³/mol. The van der Waals surface area contributed by atoms with E-state index in [9.17, 15) is 13.2 Å². The highest BCUT2D eigenvalue weighted by atomic mass is 19.4. The number of tetrazole rings is 1. The lowest BCUT2D eigenvalue weighted by Gasteiger charge is -2.41. The van der Waals surface area contributed by atoms with Crippen LogP contribution in [0.3, 0.4) is 0 Å². The summed E-state index contributed by atoms with van der Waals surface area (Å²) in [4.78, 5) is 2.15. The van der Waals surface area contributed by atoms with Gasteiger partial charge in [-0.3, -0.25) is 4.90 Å². The number of halogens is 3. The number of benzene rings is 1. The Morgan fingerprint density at radius 3 is 2.68 bits per heavy atom. The van der Waals surface area contributed by atoms with E-state index in [1.54, 1.807) is 6.07 Å². The summed E-state index contributed by atoms with van der Waals surface area (Å²) in [6.45, 7) is 6.51. The summed E-state index contributed by atoms with van der Waals surface area (Å²) in [6, 6.07) is 5.03. The fraction of sp³-hybridized carbons (Fsp3) is 0.556. The van der Waals surface area contributed by atoms with Gasteiger partial charge >= 0.3 is 6.18 Å². The van der Waals surface area contributed by atoms with E-state index >= 15 is 0 Å². The molecule has 0 atom stereocenters. The molecular formula is C18H21F3N6O. The summed E-state index contributed by atoms with van der Waals surface area (Å²) >= 11 is 0. The van der Waals surface area contributed by atoms with E-state index in [2.05, 4.69) is 34.3 Å². The smallest absolute Gasteiger partial charge is 0.372 e. The van der Waals surface area contributed by atoms with Gasteiger partial charge in [0.2, 0.25) is 0 Å². The number of hydrogen-bond donors (Lipinski definition) is 0. The largest absolute Gasteiger partial charge is 0.417 e. The second-order valence-electron chi connectivity index (χ2n) is 6.80. The van der Waals surface area contributed by atoms with Gasteiger partial charge in [-0.05, 0) is 41.5 Å². The maximum absolute atomic E-state index is 13.3. The average molecular weight is 394 g/mol. The lowest BCUT2D eigenvalue weighted by atomic mass is 9.95. The minimum absolute atomic E-state index is 0.164. The Kier molecular flexibility index (Phi) is 5.67. The van der Waals surface area contributed by atoms with E-state index in [0.717, 1.165) is 25.0 Å². The highest BCUT2D eigenvalue weighted by Crippen LogP contribution is 2.33. The number of morpholine rings is 1. The van der Waals surface area contributed by atoms with Gasteiger partial charge in [-0.15, -0.1) is 5.10 Å². The Hall–Kier alpha value is -2.51. The van der Waals surface area contributed by atoms with Crippen molar-refractivity contribution in [3.63, 3.8) is 0 Å². The van der Waals surface area contributed by atoms with E-state index < -0.39 is 17.3 Å². The van der Waals surface area contributed by atoms with Crippen LogP contribution in [0.15, 0.2) is 18.2 Å². The van der Waals surface area contributed by atoms with Crippen molar-refractivity contribution in [1.29, 1.82) is 5.26 Å². The lowest BCUT2D eigenvalue weighted by molar-refractivity contribution is -0.137. The molecule has 7 nitrogen and oxygen atoms in total. The van der Waals surface area contributed by atoms with Crippen LogP contribution in [0, 0.1) is 11.3 Å². The zero-order valence-electron chi connectivity index (χ0n) is 15.7. The van der Waals surface area contributed by atoms with Gasteiger partial charge in [0.15, 0.2) is 5.82 Å². The maximum Gasteiger partial charge on any atom is 0.417 e. The Balaban J connectivity index is 1.88. The monoisotopic (exact) mass is 394 g/mol. The molecule has 150 valence electrons. The first-order valence-electron chi connectivity index (χ1n) is 9.07. The van der Waals surface area contributed by atoms with Crippen LogP contribution in [-0.4, -0.2) is 50.4 Å². The number of nitriles is 1. The molecule has 0 N–H and O–H groups in total. The molecule has 2 heterocycles. The van der Waals surface area contributed by atoms with Crippen LogP contribution in [0.2, 0.25) is 0 Å². The SMILES string of the molecule is CCC1(CC)CN(Cc2nnnn2-c2ccc(C#N)c(C(F)(F)F)c2)CCO1. The molecule has 1 saturated heterocycles. The standard InChI is InChI=1S/C18H21F3N6O/c1-3-17(4-2)12-26(7-8-28-17)11-16-23-24-25-27(16)14-6-5-13(10-22)15(9-14)18(19,20)21/h5-6,9H,3-4,7-8,11-12H2,1-2H3. The third-order valence-electron chi connectivity index (χ3n) is 5.19. The van der Waals surface area contributed by atoms with Gasteiger partial charge in [-0.2, -0.15) is 23.1 Å². The first-order valence-corrected chi connectivity index (χ1v) is 9.07. The van der Waals surface area contributed by atoms with Crippen molar-refractivity contribution in [3.05, 3.63) is 35.2 Å². The van der Waals surface area contributed by atoms with Crippen molar-refractivity contribution in [2.45, 2.75) is 45.0 Å². The van der Waals surface area contributed by atoms with Crippen molar-refractivity contribution in [1.82, 2.24) is 25.1 Å². The van der Waals surface area contributed by atoms with Crippen molar-refractivity contribution in [2.75, 3.05) is 19.7 Å². The summed E-state index contributed by atoms with van der Waals surface area (Å²) < 4.78 is 47.0. The number of alkyl halides is 3. The summed E-state index contributed by atoms with van der Waals surface area (Å²) in [5, 5.41) is 20.4. The minimum atomic E-state index is -4.64. The zero-order chi connectivity index (χ0) is 20.4. The molecular weight excluding hydrogens is 373 g/mol. The Morgan fingerprint density at radius 1 is 1.29 bits per heavy atom. The fourth-order valence-corrected chi connectivity index (χ4v) is 3.44. The molecule has 0 unspecified atom stereocenters. The third kappa shape index (κ3) is 4.00. The number of rotatable bonds is 5. The van der Waals surface area contributed by atoms with Crippen LogP contribution in [-0.2, 0) is 17.5 Å². The Labute approximate surface area is 160 Å². The van der Waals surface area contributed by atoms with E-state index in [0.29, 0.717) is 32.1 Å². The number of aromatic nitrogens is 4. The summed E-state index contributed by atoms with van der Waals surface area (Å²) in [7, 11) is 0. The second kappa shape index (κ2) is 7.85. The zero-order valence-corrected chi connectivity index (χ0v) is 15.7. The molecule has 1 aliphatic rings. The molecule has 0 saturated carbocycles. The van der Waals surface area contributed by atoms with Crippen LogP contribution in [0.25, 0.3) is 5.69 Å². The molecule has 0 radical (unpaired) electrons. The third-order valence-corrected chi connectivity index (χ3v) is 5.19. The van der Waals surface area contributed by atoms with Gasteiger partial charge in [0.25, 0.3) is 0 Å². The van der Waals surface area contributed by atoms with Gasteiger partial charge < -0.3 is 4.74 Å². The van der Waals surface area contributed by atoms with Crippen molar-refractivity contribution in [3.8, 4) is 11.8 Å². The first-order chi connectivity index (χ1) is 13.3. The van der Waals surface area contributed by atoms with Gasteiger partial charge in [-0.1, -0.05) is 13.8 Å². The maximum atomic E-state index is 13.3. The lowest BCUT2D eigenvalue weighted by Crippen LogP contribution is -2.51. The number of ether oxygens (including phenoxy) is 1. The molecule has 0 aliphatic carbocycles. The van der Waals surface area contributed by atoms with Crippen LogP contribution >= 0.6 is 0 Å². The van der Waals surface area contributed by atoms with Gasteiger partial charge in [0.05, 0.1) is 41.6 Å². The highest BCUT2D eigenvalue weighted by molar-refractivity contribution is 5.47. The summed E-state index contributed by atoms with van der Waals surface area (Å²) in [6.07, 6.45) is -2.90. The normalized spacial score (nSPS) is 17.4. The van der Waals surface area contributed by atoms with Crippen LogP contribution in [0.5, 0.6) is 0 Å². The predicted octanol–water partition coefficient (Wildman–Crippen LogP) is 2.94. The molecule has 0 spiro atoms. The molecule has 1 aromatic carbocycles. The van der Waals surface area contributed by atoms with Gasteiger partial charge in [0.1, 0.15) is 0 Å². The van der Waals surface area contributed by atoms with Gasteiger partial charge in [-0.25, -0.2) is 0 Å². The van der Waals surface area contributed by atoms with E-state index in [1.807, 2.05) is 0 Å². The quantitative estimate of drug-likeness (QED) is 0.776. The van der Waals surface area contributed by atoms with E-state index in [-0.39, 0.29) is 11.3 Å².